The Balaban J connectivity index is 1.38. The normalized spacial score (nSPS) is 21.1. The third kappa shape index (κ3) is 4.96. The monoisotopic (exact) mass is 356 g/mol. The second kappa shape index (κ2) is 9.55. The maximum absolute atomic E-state index is 4.38. The molecule has 0 aromatic carbocycles. The molecule has 0 spiro atoms. The van der Waals surface area contributed by atoms with Gasteiger partial charge >= 0.3 is 0 Å². The van der Waals surface area contributed by atoms with E-state index in [9.17, 15) is 0 Å². The predicted molar refractivity (Wildman–Crippen MR) is 106 cm³/mol. The summed E-state index contributed by atoms with van der Waals surface area (Å²) in [6.45, 7) is 3.17. The Hall–Kier alpha value is -2.11. The van der Waals surface area contributed by atoms with Crippen LogP contribution >= 0.6 is 0 Å². The highest BCUT2D eigenvalue weighted by Gasteiger charge is 2.21. The van der Waals surface area contributed by atoms with E-state index in [0.29, 0.717) is 6.04 Å². The molecule has 2 N–H and O–H groups in total. The first-order chi connectivity index (χ1) is 12.8. The SMILES string of the molecule is CCCC1CCC(NC(=NC)NCCCc2nnc3ccccn23)CC1. The summed E-state index contributed by atoms with van der Waals surface area (Å²) in [5.41, 5.74) is 0.909. The molecule has 26 heavy (non-hydrogen) atoms. The topological polar surface area (TPSA) is 66.6 Å². The lowest BCUT2D eigenvalue weighted by Crippen LogP contribution is -2.45. The highest BCUT2D eigenvalue weighted by molar-refractivity contribution is 5.79. The van der Waals surface area contributed by atoms with Gasteiger partial charge in [-0.15, -0.1) is 10.2 Å². The van der Waals surface area contributed by atoms with Crippen LogP contribution in [0.25, 0.3) is 5.65 Å². The summed E-state index contributed by atoms with van der Waals surface area (Å²) < 4.78 is 2.06. The molecule has 2 heterocycles. The molecule has 0 saturated heterocycles. The van der Waals surface area contributed by atoms with Crippen LogP contribution in [-0.4, -0.2) is 40.2 Å². The molecule has 0 bridgehead atoms. The summed E-state index contributed by atoms with van der Waals surface area (Å²) >= 11 is 0. The zero-order chi connectivity index (χ0) is 18.2. The zero-order valence-corrected chi connectivity index (χ0v) is 16.1. The third-order valence-electron chi connectivity index (χ3n) is 5.36. The van der Waals surface area contributed by atoms with Gasteiger partial charge in [-0.2, -0.15) is 0 Å². The van der Waals surface area contributed by atoms with Crippen LogP contribution in [0.1, 0.15) is 57.7 Å². The number of nitrogens with zero attached hydrogens (tertiary/aromatic N) is 4. The first-order valence-corrected chi connectivity index (χ1v) is 10.1. The molecular weight excluding hydrogens is 324 g/mol. The summed E-state index contributed by atoms with van der Waals surface area (Å²) in [6.07, 6.45) is 11.8. The molecule has 0 aliphatic heterocycles. The van der Waals surface area contributed by atoms with Crippen LogP contribution in [-0.2, 0) is 6.42 Å². The standard InChI is InChI=1S/C20H32N6/c1-3-7-16-10-12-17(13-11-16)23-20(21-2)22-14-6-9-19-25-24-18-8-4-5-15-26(18)19/h4-5,8,15-17H,3,6-7,9-14H2,1-2H3,(H2,21,22,23). The van der Waals surface area contributed by atoms with Gasteiger partial charge in [0.25, 0.3) is 0 Å². The van der Waals surface area contributed by atoms with Crippen molar-refractivity contribution in [2.75, 3.05) is 13.6 Å². The molecule has 6 heteroatoms. The van der Waals surface area contributed by atoms with Crippen molar-refractivity contribution in [3.05, 3.63) is 30.2 Å². The lowest BCUT2D eigenvalue weighted by molar-refractivity contribution is 0.295. The zero-order valence-electron chi connectivity index (χ0n) is 16.1. The van der Waals surface area contributed by atoms with E-state index in [2.05, 4.69) is 37.1 Å². The number of aliphatic imine (C=N–C) groups is 1. The van der Waals surface area contributed by atoms with Crippen LogP contribution in [0.3, 0.4) is 0 Å². The van der Waals surface area contributed by atoms with Gasteiger partial charge in [-0.1, -0.05) is 25.8 Å². The average molecular weight is 357 g/mol. The molecule has 0 atom stereocenters. The van der Waals surface area contributed by atoms with E-state index in [-0.39, 0.29) is 0 Å². The van der Waals surface area contributed by atoms with Crippen molar-refractivity contribution >= 4 is 11.6 Å². The fraction of sp³-hybridized carbons (Fsp3) is 0.650. The molecule has 1 aliphatic carbocycles. The Morgan fingerprint density at radius 2 is 2.08 bits per heavy atom. The highest BCUT2D eigenvalue weighted by atomic mass is 15.2. The van der Waals surface area contributed by atoms with Crippen LogP contribution in [0.5, 0.6) is 0 Å². The third-order valence-corrected chi connectivity index (χ3v) is 5.36. The number of fused-ring (bicyclic) bond motifs is 1. The van der Waals surface area contributed by atoms with Crippen LogP contribution in [0.2, 0.25) is 0 Å². The van der Waals surface area contributed by atoms with Crippen molar-refractivity contribution in [1.82, 2.24) is 25.2 Å². The summed E-state index contributed by atoms with van der Waals surface area (Å²) in [5, 5.41) is 15.5. The second-order valence-electron chi connectivity index (χ2n) is 7.30. The Morgan fingerprint density at radius 1 is 1.23 bits per heavy atom. The van der Waals surface area contributed by atoms with Gasteiger partial charge in [-0.05, 0) is 50.2 Å². The molecule has 0 unspecified atom stereocenters. The van der Waals surface area contributed by atoms with Gasteiger partial charge in [0.15, 0.2) is 11.6 Å². The van der Waals surface area contributed by atoms with Gasteiger partial charge < -0.3 is 10.6 Å². The van der Waals surface area contributed by atoms with Gasteiger partial charge in [-0.3, -0.25) is 9.39 Å². The van der Waals surface area contributed by atoms with E-state index in [1.807, 2.05) is 31.4 Å². The van der Waals surface area contributed by atoms with Gasteiger partial charge in [0.2, 0.25) is 0 Å². The minimum absolute atomic E-state index is 0.565. The van der Waals surface area contributed by atoms with E-state index in [0.717, 1.165) is 42.7 Å². The van der Waals surface area contributed by atoms with Crippen molar-refractivity contribution < 1.29 is 0 Å². The van der Waals surface area contributed by atoms with E-state index in [1.165, 1.54) is 38.5 Å². The fourth-order valence-electron chi connectivity index (χ4n) is 3.91. The predicted octanol–water partition coefficient (Wildman–Crippen LogP) is 3.19. The number of rotatable bonds is 7. The van der Waals surface area contributed by atoms with Crippen molar-refractivity contribution in [1.29, 1.82) is 0 Å². The summed E-state index contributed by atoms with van der Waals surface area (Å²) in [7, 11) is 1.85. The summed E-state index contributed by atoms with van der Waals surface area (Å²) in [6, 6.07) is 6.55. The number of guanidine groups is 1. The molecule has 1 fully saturated rings. The average Bonchev–Trinajstić information content (AvgIpc) is 3.09. The quantitative estimate of drug-likeness (QED) is 0.454. The van der Waals surface area contributed by atoms with Gasteiger partial charge in [-0.25, -0.2) is 0 Å². The van der Waals surface area contributed by atoms with Crippen LogP contribution < -0.4 is 10.6 Å². The first kappa shape index (κ1) is 18.7. The molecule has 142 valence electrons. The molecule has 0 amide bonds. The van der Waals surface area contributed by atoms with Crippen molar-refractivity contribution in [3.8, 4) is 0 Å². The number of aryl methyl sites for hydroxylation is 1. The lowest BCUT2D eigenvalue weighted by atomic mass is 9.83. The molecule has 6 nitrogen and oxygen atoms in total. The number of aromatic nitrogens is 3. The molecule has 1 saturated carbocycles. The van der Waals surface area contributed by atoms with Crippen LogP contribution in [0.4, 0.5) is 0 Å². The van der Waals surface area contributed by atoms with Crippen LogP contribution in [0, 0.1) is 5.92 Å². The van der Waals surface area contributed by atoms with E-state index in [1.54, 1.807) is 0 Å². The Bertz CT molecular complexity index is 699. The Kier molecular flexibility index (Phi) is 6.86. The smallest absolute Gasteiger partial charge is 0.191 e. The minimum Gasteiger partial charge on any atom is -0.356 e. The van der Waals surface area contributed by atoms with Crippen molar-refractivity contribution in [2.24, 2.45) is 10.9 Å². The molecule has 0 radical (unpaired) electrons. The van der Waals surface area contributed by atoms with Gasteiger partial charge in [0.1, 0.15) is 5.82 Å². The van der Waals surface area contributed by atoms with E-state index >= 15 is 0 Å². The lowest BCUT2D eigenvalue weighted by Gasteiger charge is -2.30. The summed E-state index contributed by atoms with van der Waals surface area (Å²) in [4.78, 5) is 4.38. The Labute approximate surface area is 156 Å². The second-order valence-corrected chi connectivity index (χ2v) is 7.30. The molecule has 1 aliphatic rings. The molecule has 2 aromatic heterocycles. The van der Waals surface area contributed by atoms with Gasteiger partial charge in [0.05, 0.1) is 0 Å². The Morgan fingerprint density at radius 3 is 2.85 bits per heavy atom. The van der Waals surface area contributed by atoms with E-state index in [4.69, 9.17) is 0 Å². The van der Waals surface area contributed by atoms with Gasteiger partial charge in [0, 0.05) is 32.3 Å². The number of hydrogen-bond donors (Lipinski definition) is 2. The number of hydrogen-bond acceptors (Lipinski definition) is 3. The molecule has 2 aromatic rings. The molecular formula is C20H32N6. The van der Waals surface area contributed by atoms with E-state index < -0.39 is 0 Å². The number of pyridine rings is 1. The fourth-order valence-corrected chi connectivity index (χ4v) is 3.91. The number of nitrogens with one attached hydrogen (secondary N) is 2. The minimum atomic E-state index is 0.565. The largest absolute Gasteiger partial charge is 0.356 e. The molecule has 3 rings (SSSR count). The van der Waals surface area contributed by atoms with Crippen molar-refractivity contribution in [2.45, 2.75) is 64.3 Å². The summed E-state index contributed by atoms with van der Waals surface area (Å²) in [5.74, 6) is 2.88. The van der Waals surface area contributed by atoms with Crippen LogP contribution in [0.15, 0.2) is 29.4 Å². The maximum atomic E-state index is 4.38. The highest BCUT2D eigenvalue weighted by Crippen LogP contribution is 2.27. The maximum Gasteiger partial charge on any atom is 0.191 e. The first-order valence-electron chi connectivity index (χ1n) is 10.1. The van der Waals surface area contributed by atoms with Crippen molar-refractivity contribution in [3.63, 3.8) is 0 Å².